The van der Waals surface area contributed by atoms with Gasteiger partial charge in [-0.15, -0.1) is 10.2 Å². The molecule has 29 heavy (non-hydrogen) atoms. The number of amides is 1. The zero-order chi connectivity index (χ0) is 20.1. The largest absolute Gasteiger partial charge is 0.370 e. The van der Waals surface area contributed by atoms with Crippen LogP contribution in [0.5, 0.6) is 0 Å². The molecule has 3 aromatic rings. The third-order valence-corrected chi connectivity index (χ3v) is 5.54. The van der Waals surface area contributed by atoms with Gasteiger partial charge in [0.05, 0.1) is 17.6 Å². The summed E-state index contributed by atoms with van der Waals surface area (Å²) in [4.78, 5) is 15.4. The van der Waals surface area contributed by atoms with Crippen LogP contribution in [0.2, 0.25) is 0 Å². The molecule has 0 spiro atoms. The van der Waals surface area contributed by atoms with Gasteiger partial charge in [-0.05, 0) is 55.1 Å². The van der Waals surface area contributed by atoms with E-state index in [1.807, 2.05) is 30.3 Å². The van der Waals surface area contributed by atoms with Crippen LogP contribution >= 0.6 is 11.5 Å². The molecule has 4 rings (SSSR count). The molecule has 2 N–H and O–H groups in total. The number of anilines is 4. The summed E-state index contributed by atoms with van der Waals surface area (Å²) in [6.07, 6.45) is 5.91. The van der Waals surface area contributed by atoms with E-state index in [1.165, 1.54) is 12.8 Å². The molecule has 2 aromatic heterocycles. The summed E-state index contributed by atoms with van der Waals surface area (Å²) in [5.41, 5.74) is 3.44. The Bertz CT molecular complexity index is 967. The van der Waals surface area contributed by atoms with Crippen LogP contribution < -0.4 is 15.5 Å². The lowest BCUT2D eigenvalue weighted by atomic mass is 10.2. The summed E-state index contributed by atoms with van der Waals surface area (Å²) in [6.45, 7) is 4.18. The predicted octanol–water partition coefficient (Wildman–Crippen LogP) is 3.88. The van der Waals surface area contributed by atoms with Gasteiger partial charge in [0.25, 0.3) is 5.91 Å². The van der Waals surface area contributed by atoms with Gasteiger partial charge in [-0.2, -0.15) is 5.10 Å². The quantitative estimate of drug-likeness (QED) is 0.611. The smallest absolute Gasteiger partial charge is 0.269 e. The fourth-order valence-corrected chi connectivity index (χ4v) is 3.92. The summed E-state index contributed by atoms with van der Waals surface area (Å²) >= 11 is 1.13. The average Bonchev–Trinajstić information content (AvgIpc) is 3.42. The molecule has 8 nitrogen and oxygen atoms in total. The van der Waals surface area contributed by atoms with E-state index in [4.69, 9.17) is 0 Å². The number of carbonyl (C=O) groups is 1. The monoisotopic (exact) mass is 409 g/mol. The molecule has 0 bridgehead atoms. The number of aryl methyl sites for hydroxylation is 1. The van der Waals surface area contributed by atoms with Gasteiger partial charge < -0.3 is 15.5 Å². The molecule has 3 heterocycles. The van der Waals surface area contributed by atoms with Gasteiger partial charge in [-0.1, -0.05) is 17.8 Å². The molecule has 1 aromatic carbocycles. The first kappa shape index (κ1) is 19.3. The van der Waals surface area contributed by atoms with Gasteiger partial charge >= 0.3 is 0 Å². The highest BCUT2D eigenvalue weighted by Gasteiger charge is 2.16. The van der Waals surface area contributed by atoms with E-state index in [9.17, 15) is 4.79 Å². The second-order valence-corrected chi connectivity index (χ2v) is 7.70. The molecule has 1 amide bonds. The maximum absolute atomic E-state index is 12.5. The van der Waals surface area contributed by atoms with Crippen molar-refractivity contribution in [1.82, 2.24) is 19.8 Å². The van der Waals surface area contributed by atoms with Gasteiger partial charge in [0, 0.05) is 30.5 Å². The Hall–Kier alpha value is -3.07. The minimum atomic E-state index is -0.173. The number of nitrogens with one attached hydrogen (secondary N) is 2. The van der Waals surface area contributed by atoms with E-state index in [0.29, 0.717) is 16.4 Å². The summed E-state index contributed by atoms with van der Waals surface area (Å²) in [7, 11) is 0. The molecular weight excluding hydrogens is 386 g/mol. The Labute approximate surface area is 173 Å². The van der Waals surface area contributed by atoms with Crippen molar-refractivity contribution in [3.8, 4) is 0 Å². The average molecular weight is 410 g/mol. The summed E-state index contributed by atoms with van der Waals surface area (Å²) in [5, 5.41) is 18.5. The highest BCUT2D eigenvalue weighted by molar-refractivity contribution is 7.08. The second-order valence-electron chi connectivity index (χ2n) is 6.95. The molecule has 1 saturated heterocycles. The number of rotatable bonds is 7. The molecule has 0 aliphatic carbocycles. The van der Waals surface area contributed by atoms with E-state index in [1.54, 1.807) is 6.20 Å². The first-order valence-corrected chi connectivity index (χ1v) is 10.6. The number of nitrogens with zero attached hydrogens (tertiary/aromatic N) is 5. The van der Waals surface area contributed by atoms with Crippen molar-refractivity contribution in [2.24, 2.45) is 0 Å². The van der Waals surface area contributed by atoms with E-state index in [-0.39, 0.29) is 5.91 Å². The molecule has 1 aliphatic rings. The fraction of sp³-hybridized carbons (Fsp3) is 0.350. The predicted molar refractivity (Wildman–Crippen MR) is 115 cm³/mol. The van der Waals surface area contributed by atoms with Crippen molar-refractivity contribution in [1.29, 1.82) is 0 Å². The zero-order valence-electron chi connectivity index (χ0n) is 16.3. The number of carbonyl (C=O) groups excluding carboxylic acids is 1. The van der Waals surface area contributed by atoms with Crippen molar-refractivity contribution in [2.75, 3.05) is 28.6 Å². The molecular formula is C20H23N7OS. The molecule has 9 heteroatoms. The second kappa shape index (κ2) is 8.95. The highest BCUT2D eigenvalue weighted by atomic mass is 32.1. The van der Waals surface area contributed by atoms with Gasteiger partial charge in [0.1, 0.15) is 4.88 Å². The molecule has 0 unspecified atom stereocenters. The van der Waals surface area contributed by atoms with Crippen molar-refractivity contribution in [3.05, 3.63) is 47.1 Å². The van der Waals surface area contributed by atoms with Crippen molar-refractivity contribution in [2.45, 2.75) is 32.6 Å². The van der Waals surface area contributed by atoms with Crippen LogP contribution in [-0.2, 0) is 6.42 Å². The molecule has 0 radical (unpaired) electrons. The molecule has 1 fully saturated rings. The summed E-state index contributed by atoms with van der Waals surface area (Å²) in [5.74, 6) is 0.527. The van der Waals surface area contributed by atoms with E-state index >= 15 is 0 Å². The topological polar surface area (TPSA) is 95.9 Å². The maximum atomic E-state index is 12.5. The van der Waals surface area contributed by atoms with Gasteiger partial charge in [-0.25, -0.2) is 0 Å². The maximum Gasteiger partial charge on any atom is 0.269 e. The SMILES string of the molecule is CCCc1nnsc1C(=O)Nc1ccc(Nc2cc(N3CCCC3)cnn2)cc1. The Kier molecular flexibility index (Phi) is 5.95. The Morgan fingerprint density at radius 2 is 1.90 bits per heavy atom. The Balaban J connectivity index is 1.40. The van der Waals surface area contributed by atoms with Gasteiger partial charge in [0.15, 0.2) is 5.82 Å². The summed E-state index contributed by atoms with van der Waals surface area (Å²) in [6, 6.07) is 9.52. The first-order valence-electron chi connectivity index (χ1n) is 9.80. The number of benzene rings is 1. The molecule has 0 atom stereocenters. The number of hydrogen-bond acceptors (Lipinski definition) is 8. The van der Waals surface area contributed by atoms with E-state index in [0.717, 1.165) is 54.5 Å². The van der Waals surface area contributed by atoms with Crippen LogP contribution in [0, 0.1) is 0 Å². The standard InChI is InChI=1S/C20H23N7OS/c1-2-5-17-19(29-26-24-17)20(28)23-15-8-6-14(7-9-15)22-18-12-16(13-21-25-18)27-10-3-4-11-27/h6-9,12-13H,2-5,10-11H2,1H3,(H,22,25)(H,23,28). The normalized spacial score (nSPS) is 13.5. The van der Waals surface area contributed by atoms with Crippen LogP contribution in [0.15, 0.2) is 36.5 Å². The highest BCUT2D eigenvalue weighted by Crippen LogP contribution is 2.24. The molecule has 1 aliphatic heterocycles. The van der Waals surface area contributed by atoms with Crippen molar-refractivity contribution in [3.63, 3.8) is 0 Å². The van der Waals surface area contributed by atoms with Crippen molar-refractivity contribution < 1.29 is 4.79 Å². The lowest BCUT2D eigenvalue weighted by molar-refractivity contribution is 0.102. The molecule has 150 valence electrons. The van der Waals surface area contributed by atoms with E-state index < -0.39 is 0 Å². The van der Waals surface area contributed by atoms with Crippen LogP contribution in [0.25, 0.3) is 0 Å². The van der Waals surface area contributed by atoms with Crippen LogP contribution in [0.3, 0.4) is 0 Å². The third kappa shape index (κ3) is 4.68. The van der Waals surface area contributed by atoms with Crippen LogP contribution in [0.1, 0.15) is 41.6 Å². The Morgan fingerprint density at radius 1 is 1.14 bits per heavy atom. The lowest BCUT2D eigenvalue weighted by Crippen LogP contribution is -2.18. The first-order chi connectivity index (χ1) is 14.2. The summed E-state index contributed by atoms with van der Waals surface area (Å²) < 4.78 is 3.90. The number of hydrogen-bond donors (Lipinski definition) is 2. The zero-order valence-corrected chi connectivity index (χ0v) is 17.1. The fourth-order valence-electron chi connectivity index (χ4n) is 3.32. The minimum absolute atomic E-state index is 0.173. The van der Waals surface area contributed by atoms with Gasteiger partial charge in [0.2, 0.25) is 0 Å². The van der Waals surface area contributed by atoms with Crippen LogP contribution in [0.4, 0.5) is 22.9 Å². The third-order valence-electron chi connectivity index (χ3n) is 4.78. The molecule has 0 saturated carbocycles. The van der Waals surface area contributed by atoms with Crippen molar-refractivity contribution >= 4 is 40.3 Å². The number of aromatic nitrogens is 4. The lowest BCUT2D eigenvalue weighted by Gasteiger charge is -2.17. The Morgan fingerprint density at radius 3 is 2.66 bits per heavy atom. The minimum Gasteiger partial charge on any atom is -0.370 e. The van der Waals surface area contributed by atoms with E-state index in [2.05, 4.69) is 42.2 Å². The van der Waals surface area contributed by atoms with Crippen LogP contribution in [-0.4, -0.2) is 38.8 Å². The van der Waals surface area contributed by atoms with Gasteiger partial charge in [-0.3, -0.25) is 4.79 Å².